The van der Waals surface area contributed by atoms with E-state index in [1.165, 1.54) is 0 Å². The molecule has 0 aromatic heterocycles. The minimum Gasteiger partial charge on any atom is -0.497 e. The molecule has 0 saturated heterocycles. The molecule has 2 rings (SSSR count). The third-order valence-corrected chi connectivity index (χ3v) is 3.68. The first-order valence-corrected chi connectivity index (χ1v) is 6.76. The lowest BCUT2D eigenvalue weighted by molar-refractivity contribution is -0.142. The van der Waals surface area contributed by atoms with Gasteiger partial charge in [0.1, 0.15) is 5.75 Å². The highest BCUT2D eigenvalue weighted by atomic mass is 35.5. The van der Waals surface area contributed by atoms with E-state index in [1.807, 2.05) is 0 Å². The van der Waals surface area contributed by atoms with Crippen LogP contribution in [0.2, 0.25) is 5.02 Å². The van der Waals surface area contributed by atoms with E-state index in [9.17, 15) is 9.90 Å². The number of aliphatic carboxylic acids is 1. The van der Waals surface area contributed by atoms with E-state index in [1.54, 1.807) is 62.6 Å². The predicted molar refractivity (Wildman–Crippen MR) is 83.1 cm³/mol. The smallest absolute Gasteiger partial charge is 0.333 e. The lowest BCUT2D eigenvalue weighted by Gasteiger charge is -2.28. The van der Waals surface area contributed by atoms with Crippen molar-refractivity contribution >= 4 is 23.3 Å². The Bertz CT molecular complexity index is 642. The molecule has 1 atom stereocenters. The first kappa shape index (κ1) is 15.2. The molecule has 2 aromatic rings. The number of benzene rings is 2. The number of rotatable bonds is 5. The molecule has 0 saturated carbocycles. The summed E-state index contributed by atoms with van der Waals surface area (Å²) in [6.45, 7) is 1.60. The number of carbonyl (C=O) groups is 1. The van der Waals surface area contributed by atoms with E-state index in [4.69, 9.17) is 16.3 Å². The number of halogens is 1. The summed E-state index contributed by atoms with van der Waals surface area (Å²) < 4.78 is 5.09. The van der Waals surface area contributed by atoms with Crippen molar-refractivity contribution in [2.75, 3.05) is 12.4 Å². The molecule has 0 aliphatic rings. The van der Waals surface area contributed by atoms with E-state index in [2.05, 4.69) is 5.32 Å². The average Bonchev–Trinajstić information content (AvgIpc) is 2.49. The summed E-state index contributed by atoms with van der Waals surface area (Å²) in [4.78, 5) is 11.8. The van der Waals surface area contributed by atoms with Crippen LogP contribution in [0.1, 0.15) is 12.5 Å². The van der Waals surface area contributed by atoms with Crippen LogP contribution in [0.25, 0.3) is 0 Å². The van der Waals surface area contributed by atoms with Crippen molar-refractivity contribution in [1.82, 2.24) is 0 Å². The Morgan fingerprint density at radius 2 is 1.81 bits per heavy atom. The van der Waals surface area contributed by atoms with Gasteiger partial charge in [-0.1, -0.05) is 35.9 Å². The zero-order chi connectivity index (χ0) is 15.5. The van der Waals surface area contributed by atoms with Crippen LogP contribution in [0.15, 0.2) is 48.5 Å². The summed E-state index contributed by atoms with van der Waals surface area (Å²) in [5.41, 5.74) is -0.118. The van der Waals surface area contributed by atoms with Crippen LogP contribution in [0.5, 0.6) is 5.75 Å². The van der Waals surface area contributed by atoms with Gasteiger partial charge in [-0.3, -0.25) is 0 Å². The predicted octanol–water partition coefficient (Wildman–Crippen LogP) is 3.76. The van der Waals surface area contributed by atoms with Crippen LogP contribution >= 0.6 is 11.6 Å². The van der Waals surface area contributed by atoms with Crippen molar-refractivity contribution < 1.29 is 14.6 Å². The molecule has 0 heterocycles. The van der Waals surface area contributed by atoms with E-state index >= 15 is 0 Å². The fraction of sp³-hybridized carbons (Fsp3) is 0.188. The first-order valence-electron chi connectivity index (χ1n) is 6.38. The SMILES string of the molecule is COc1ccc(C(C)(Nc2ccccc2Cl)C(=O)O)cc1. The Morgan fingerprint density at radius 1 is 1.19 bits per heavy atom. The highest BCUT2D eigenvalue weighted by Gasteiger charge is 2.35. The summed E-state index contributed by atoms with van der Waals surface area (Å²) in [7, 11) is 1.56. The lowest BCUT2D eigenvalue weighted by Crippen LogP contribution is -2.40. The number of para-hydroxylation sites is 1. The van der Waals surface area contributed by atoms with Crippen molar-refractivity contribution in [3.8, 4) is 5.75 Å². The molecule has 2 N–H and O–H groups in total. The van der Waals surface area contributed by atoms with E-state index in [0.717, 1.165) is 0 Å². The van der Waals surface area contributed by atoms with Crippen LogP contribution in [0.4, 0.5) is 5.69 Å². The number of anilines is 1. The zero-order valence-corrected chi connectivity index (χ0v) is 12.5. The summed E-state index contributed by atoms with van der Waals surface area (Å²) >= 11 is 6.09. The van der Waals surface area contributed by atoms with Crippen molar-refractivity contribution in [2.24, 2.45) is 0 Å². The van der Waals surface area contributed by atoms with Crippen LogP contribution in [0, 0.1) is 0 Å². The zero-order valence-electron chi connectivity index (χ0n) is 11.8. The Hall–Kier alpha value is -2.20. The fourth-order valence-corrected chi connectivity index (χ4v) is 2.19. The van der Waals surface area contributed by atoms with Gasteiger partial charge in [0.25, 0.3) is 0 Å². The molecule has 5 heteroatoms. The summed E-state index contributed by atoms with van der Waals surface area (Å²) in [5, 5.41) is 13.1. The number of carboxylic acid groups (broad SMARTS) is 1. The van der Waals surface area contributed by atoms with Crippen molar-refractivity contribution in [3.05, 3.63) is 59.1 Å². The second kappa shape index (κ2) is 6.06. The minimum atomic E-state index is -1.29. The Balaban J connectivity index is 2.40. The topological polar surface area (TPSA) is 58.6 Å². The van der Waals surface area contributed by atoms with Gasteiger partial charge in [-0.15, -0.1) is 0 Å². The molecule has 1 unspecified atom stereocenters. The van der Waals surface area contributed by atoms with Crippen molar-refractivity contribution in [1.29, 1.82) is 0 Å². The minimum absolute atomic E-state index is 0.471. The molecular weight excluding hydrogens is 290 g/mol. The van der Waals surface area contributed by atoms with Crippen LogP contribution in [-0.4, -0.2) is 18.2 Å². The molecule has 0 radical (unpaired) electrons. The van der Waals surface area contributed by atoms with Crippen molar-refractivity contribution in [2.45, 2.75) is 12.5 Å². The third kappa shape index (κ3) is 3.11. The normalized spacial score (nSPS) is 13.3. The molecular formula is C16H16ClNO3. The van der Waals surface area contributed by atoms with Gasteiger partial charge < -0.3 is 15.2 Å². The first-order chi connectivity index (χ1) is 9.97. The molecule has 0 amide bonds. The number of hydrogen-bond acceptors (Lipinski definition) is 3. The molecule has 0 bridgehead atoms. The van der Waals surface area contributed by atoms with Gasteiger partial charge in [0.2, 0.25) is 0 Å². The number of methoxy groups -OCH3 is 1. The third-order valence-electron chi connectivity index (χ3n) is 3.35. The number of hydrogen-bond donors (Lipinski definition) is 2. The van der Waals surface area contributed by atoms with Gasteiger partial charge >= 0.3 is 5.97 Å². The van der Waals surface area contributed by atoms with Gasteiger partial charge in [0, 0.05) is 0 Å². The highest BCUT2D eigenvalue weighted by molar-refractivity contribution is 6.33. The molecule has 0 fully saturated rings. The monoisotopic (exact) mass is 305 g/mol. The number of nitrogens with one attached hydrogen (secondary N) is 1. The molecule has 4 nitrogen and oxygen atoms in total. The standard InChI is InChI=1S/C16H16ClNO3/c1-16(15(19)20,11-7-9-12(21-2)10-8-11)18-14-6-4-3-5-13(14)17/h3-10,18H,1-2H3,(H,19,20). The van der Waals surface area contributed by atoms with Gasteiger partial charge in [-0.25, -0.2) is 4.79 Å². The van der Waals surface area contributed by atoms with E-state index in [0.29, 0.717) is 22.0 Å². The Labute approximate surface area is 128 Å². The quantitative estimate of drug-likeness (QED) is 0.883. The van der Waals surface area contributed by atoms with Gasteiger partial charge in [0.05, 0.1) is 17.8 Å². The Morgan fingerprint density at radius 3 is 2.33 bits per heavy atom. The molecule has 0 aliphatic heterocycles. The van der Waals surface area contributed by atoms with Gasteiger partial charge in [-0.2, -0.15) is 0 Å². The molecule has 21 heavy (non-hydrogen) atoms. The van der Waals surface area contributed by atoms with Crippen LogP contribution in [0.3, 0.4) is 0 Å². The summed E-state index contributed by atoms with van der Waals surface area (Å²) in [6, 6.07) is 13.9. The van der Waals surface area contributed by atoms with Gasteiger partial charge in [0.15, 0.2) is 5.54 Å². The maximum absolute atomic E-state index is 11.8. The number of ether oxygens (including phenoxy) is 1. The van der Waals surface area contributed by atoms with Gasteiger partial charge in [-0.05, 0) is 36.8 Å². The molecule has 2 aromatic carbocycles. The molecule has 0 aliphatic carbocycles. The Kier molecular flexibility index (Phi) is 4.38. The van der Waals surface area contributed by atoms with E-state index < -0.39 is 11.5 Å². The van der Waals surface area contributed by atoms with Crippen LogP contribution in [-0.2, 0) is 10.3 Å². The van der Waals surface area contributed by atoms with Crippen molar-refractivity contribution in [3.63, 3.8) is 0 Å². The maximum atomic E-state index is 11.8. The van der Waals surface area contributed by atoms with Crippen LogP contribution < -0.4 is 10.1 Å². The molecule has 110 valence electrons. The summed E-state index contributed by atoms with van der Waals surface area (Å²) in [6.07, 6.45) is 0. The number of carboxylic acids is 1. The second-order valence-electron chi connectivity index (χ2n) is 4.76. The lowest BCUT2D eigenvalue weighted by atomic mass is 9.91. The average molecular weight is 306 g/mol. The maximum Gasteiger partial charge on any atom is 0.333 e. The molecule has 0 spiro atoms. The fourth-order valence-electron chi connectivity index (χ4n) is 2.01. The highest BCUT2D eigenvalue weighted by Crippen LogP contribution is 2.31. The summed E-state index contributed by atoms with van der Waals surface area (Å²) in [5.74, 6) is -0.322. The second-order valence-corrected chi connectivity index (χ2v) is 5.17. The van der Waals surface area contributed by atoms with E-state index in [-0.39, 0.29) is 0 Å². The largest absolute Gasteiger partial charge is 0.497 e.